The van der Waals surface area contributed by atoms with E-state index in [9.17, 15) is 22.8 Å². The number of carbonyl (C=O) groups excluding carboxylic acids is 2. The highest BCUT2D eigenvalue weighted by molar-refractivity contribution is 5.77. The van der Waals surface area contributed by atoms with E-state index < -0.39 is 30.1 Å². The first-order valence-corrected chi connectivity index (χ1v) is 5.30. The Balaban J connectivity index is 4.74. The second-order valence-electron chi connectivity index (χ2n) is 3.86. The van der Waals surface area contributed by atoms with E-state index in [0.717, 1.165) is 6.92 Å². The fraction of sp³-hybridized carbons (Fsp3) is 0.800. The van der Waals surface area contributed by atoms with E-state index in [2.05, 4.69) is 5.32 Å². The number of rotatable bonds is 5. The van der Waals surface area contributed by atoms with Gasteiger partial charge in [0.1, 0.15) is 0 Å². The van der Waals surface area contributed by atoms with Gasteiger partial charge in [-0.2, -0.15) is 13.2 Å². The lowest BCUT2D eigenvalue weighted by Crippen LogP contribution is -2.62. The van der Waals surface area contributed by atoms with Crippen LogP contribution in [0.3, 0.4) is 0 Å². The lowest BCUT2D eigenvalue weighted by Gasteiger charge is -2.33. The molecule has 0 aliphatic carbocycles. The highest BCUT2D eigenvalue weighted by atomic mass is 19.4. The van der Waals surface area contributed by atoms with E-state index in [0.29, 0.717) is 0 Å². The van der Waals surface area contributed by atoms with Gasteiger partial charge in [-0.25, -0.2) is 0 Å². The lowest BCUT2D eigenvalue weighted by molar-refractivity contribution is -0.192. The first kappa shape index (κ1) is 15.7. The molecule has 100 valence electrons. The highest BCUT2D eigenvalue weighted by Gasteiger charge is 2.52. The van der Waals surface area contributed by atoms with Gasteiger partial charge in [-0.1, -0.05) is 13.8 Å². The Morgan fingerprint density at radius 2 is 1.53 bits per heavy atom. The fourth-order valence-electron chi connectivity index (χ4n) is 1.01. The van der Waals surface area contributed by atoms with E-state index in [1.165, 1.54) is 13.8 Å². The molecule has 0 aromatic carbocycles. The molecule has 4 nitrogen and oxygen atoms in total. The zero-order valence-electron chi connectivity index (χ0n) is 10.1. The summed E-state index contributed by atoms with van der Waals surface area (Å²) in [5.41, 5.74) is -2.44. The van der Waals surface area contributed by atoms with Crippen molar-refractivity contribution in [2.24, 2.45) is 0 Å². The quantitative estimate of drug-likeness (QED) is 0.778. The van der Waals surface area contributed by atoms with E-state index in [4.69, 9.17) is 0 Å². The van der Waals surface area contributed by atoms with Crippen LogP contribution in [0.25, 0.3) is 0 Å². The normalized spacial score (nSPS) is 14.9. The molecule has 17 heavy (non-hydrogen) atoms. The molecule has 0 aromatic rings. The summed E-state index contributed by atoms with van der Waals surface area (Å²) in [7, 11) is 0. The van der Waals surface area contributed by atoms with Gasteiger partial charge in [-0.05, 0) is 6.92 Å². The molecular weight excluding hydrogens is 237 g/mol. The highest BCUT2D eigenvalue weighted by Crippen LogP contribution is 2.29. The molecule has 0 saturated carbocycles. The summed E-state index contributed by atoms with van der Waals surface area (Å²) >= 11 is 0. The predicted molar refractivity (Wildman–Crippen MR) is 56.2 cm³/mol. The van der Waals surface area contributed by atoms with Gasteiger partial charge in [-0.15, -0.1) is 0 Å². The van der Waals surface area contributed by atoms with Crippen LogP contribution in [0.15, 0.2) is 0 Å². The Morgan fingerprint density at radius 1 is 1.06 bits per heavy atom. The molecule has 0 spiro atoms. The Labute approximate surface area is 97.9 Å². The number of hydrogen-bond donors (Lipinski definition) is 2. The minimum absolute atomic E-state index is 0.0482. The summed E-state index contributed by atoms with van der Waals surface area (Å²) in [6, 6.07) is 0. The van der Waals surface area contributed by atoms with Gasteiger partial charge in [0, 0.05) is 19.4 Å². The molecule has 0 unspecified atom stereocenters. The Morgan fingerprint density at radius 3 is 1.88 bits per heavy atom. The van der Waals surface area contributed by atoms with Crippen molar-refractivity contribution < 1.29 is 22.8 Å². The average molecular weight is 254 g/mol. The monoisotopic (exact) mass is 254 g/mol. The smallest absolute Gasteiger partial charge is 0.353 e. The van der Waals surface area contributed by atoms with Crippen molar-refractivity contribution in [2.75, 3.05) is 6.54 Å². The average Bonchev–Trinajstić information content (AvgIpc) is 2.24. The van der Waals surface area contributed by atoms with E-state index in [1.807, 2.05) is 5.32 Å². The molecule has 1 atom stereocenters. The van der Waals surface area contributed by atoms with Gasteiger partial charge in [0.25, 0.3) is 0 Å². The third kappa shape index (κ3) is 4.62. The van der Waals surface area contributed by atoms with Crippen LogP contribution in [0.4, 0.5) is 13.2 Å². The van der Waals surface area contributed by atoms with Crippen LogP contribution in [0.1, 0.15) is 33.6 Å². The van der Waals surface area contributed by atoms with Gasteiger partial charge in [-0.3, -0.25) is 9.59 Å². The van der Waals surface area contributed by atoms with Crippen LogP contribution >= 0.6 is 0 Å². The molecule has 2 amide bonds. The molecule has 0 rings (SSSR count). The van der Waals surface area contributed by atoms with Gasteiger partial charge >= 0.3 is 6.18 Å². The molecular formula is C10H17F3N2O2. The number of amides is 2. The van der Waals surface area contributed by atoms with Crippen LogP contribution in [0.5, 0.6) is 0 Å². The number of carbonyl (C=O) groups is 2. The Kier molecular flexibility index (Phi) is 5.44. The molecule has 2 N–H and O–H groups in total. The minimum Gasteiger partial charge on any atom is -0.353 e. The summed E-state index contributed by atoms with van der Waals surface area (Å²) in [6.07, 6.45) is -4.58. The zero-order valence-corrected chi connectivity index (χ0v) is 10.1. The fourth-order valence-corrected chi connectivity index (χ4v) is 1.01. The first-order valence-electron chi connectivity index (χ1n) is 5.30. The van der Waals surface area contributed by atoms with Crippen molar-refractivity contribution in [3.63, 3.8) is 0 Å². The van der Waals surface area contributed by atoms with E-state index in [-0.39, 0.29) is 12.8 Å². The molecule has 0 aliphatic heterocycles. The minimum atomic E-state index is -4.63. The maximum atomic E-state index is 12.8. The second-order valence-corrected chi connectivity index (χ2v) is 3.86. The van der Waals surface area contributed by atoms with Gasteiger partial charge in [0.15, 0.2) is 5.54 Å². The molecule has 0 radical (unpaired) electrons. The van der Waals surface area contributed by atoms with E-state index >= 15 is 0 Å². The third-order valence-corrected chi connectivity index (χ3v) is 2.32. The molecule has 0 heterocycles. The van der Waals surface area contributed by atoms with Gasteiger partial charge < -0.3 is 10.6 Å². The molecule has 7 heteroatoms. The van der Waals surface area contributed by atoms with Crippen LogP contribution in [0.2, 0.25) is 0 Å². The summed E-state index contributed by atoms with van der Waals surface area (Å²) in [6.45, 7) is 3.16. The van der Waals surface area contributed by atoms with Crippen LogP contribution in [0, 0.1) is 0 Å². The number of nitrogens with one attached hydrogen (secondary N) is 2. The summed E-state index contributed by atoms with van der Waals surface area (Å²) in [5.74, 6) is -1.21. The lowest BCUT2D eigenvalue weighted by atomic mass is 10.0. The number of hydrogen-bond acceptors (Lipinski definition) is 2. The van der Waals surface area contributed by atoms with Crippen molar-refractivity contribution in [1.29, 1.82) is 0 Å². The molecule has 0 bridgehead atoms. The Bertz CT molecular complexity index is 292. The van der Waals surface area contributed by atoms with Crippen molar-refractivity contribution >= 4 is 11.8 Å². The Hall–Kier alpha value is -1.27. The van der Waals surface area contributed by atoms with Gasteiger partial charge in [0.05, 0.1) is 0 Å². The zero-order chi connectivity index (χ0) is 13.7. The van der Waals surface area contributed by atoms with Crippen molar-refractivity contribution in [1.82, 2.24) is 10.6 Å². The molecule has 0 aromatic heterocycles. The topological polar surface area (TPSA) is 58.2 Å². The largest absolute Gasteiger partial charge is 0.412 e. The molecule has 0 aliphatic rings. The molecule has 0 saturated heterocycles. The van der Waals surface area contributed by atoms with Gasteiger partial charge in [0.2, 0.25) is 11.8 Å². The van der Waals surface area contributed by atoms with Crippen LogP contribution < -0.4 is 10.6 Å². The SMILES string of the molecule is CCC(=O)NC[C@@](C)(NC(=O)CC)C(F)(F)F. The predicted octanol–water partition coefficient (Wildman–Crippen LogP) is 1.36. The van der Waals surface area contributed by atoms with E-state index in [1.54, 1.807) is 0 Å². The van der Waals surface area contributed by atoms with Crippen LogP contribution in [-0.4, -0.2) is 30.1 Å². The number of halogens is 3. The van der Waals surface area contributed by atoms with Crippen LogP contribution in [-0.2, 0) is 9.59 Å². The summed E-state index contributed by atoms with van der Waals surface area (Å²) in [5, 5.41) is 4.02. The standard InChI is InChI=1S/C10H17F3N2O2/c1-4-7(16)14-6-9(3,10(11,12)13)15-8(17)5-2/h4-6H2,1-3H3,(H,14,16)(H,15,17)/t9-/m1/s1. The first-order chi connectivity index (χ1) is 7.66. The second kappa shape index (κ2) is 5.88. The van der Waals surface area contributed by atoms with Crippen molar-refractivity contribution in [3.8, 4) is 0 Å². The maximum absolute atomic E-state index is 12.8. The molecule has 0 fully saturated rings. The summed E-state index contributed by atoms with van der Waals surface area (Å²) < 4.78 is 38.4. The summed E-state index contributed by atoms with van der Waals surface area (Å²) in [4.78, 5) is 22.0. The maximum Gasteiger partial charge on any atom is 0.412 e. The van der Waals surface area contributed by atoms with Crippen molar-refractivity contribution in [2.45, 2.75) is 45.3 Å². The number of alkyl halides is 3. The third-order valence-electron chi connectivity index (χ3n) is 2.32. The van der Waals surface area contributed by atoms with Crippen molar-refractivity contribution in [3.05, 3.63) is 0 Å².